The average Bonchev–Trinajstić information content (AvgIpc) is 2.79. The molecule has 0 saturated heterocycles. The fourth-order valence-corrected chi connectivity index (χ4v) is 1.65. The number of hydrogen-bond donors (Lipinski definition) is 2. The van der Waals surface area contributed by atoms with Crippen LogP contribution in [-0.4, -0.2) is 11.8 Å². The molecular weight excluding hydrogens is 218 g/mol. The molecule has 17 heavy (non-hydrogen) atoms. The molecule has 0 bridgehead atoms. The van der Waals surface area contributed by atoms with Crippen LogP contribution in [0.3, 0.4) is 0 Å². The zero-order chi connectivity index (χ0) is 11.7. The van der Waals surface area contributed by atoms with Crippen molar-refractivity contribution >= 4 is 17.2 Å². The summed E-state index contributed by atoms with van der Waals surface area (Å²) in [6, 6.07) is 9.32. The molecule has 0 fully saturated rings. The zero-order valence-electron chi connectivity index (χ0n) is 9.01. The molecule has 1 aliphatic rings. The van der Waals surface area contributed by atoms with Gasteiger partial charge in [-0.2, -0.15) is 0 Å². The van der Waals surface area contributed by atoms with Gasteiger partial charge in [-0.3, -0.25) is 0 Å². The minimum absolute atomic E-state index is 0.272. The number of rotatable bonds is 2. The van der Waals surface area contributed by atoms with Crippen molar-refractivity contribution in [2.75, 3.05) is 17.8 Å². The van der Waals surface area contributed by atoms with Gasteiger partial charge in [-0.1, -0.05) is 0 Å². The molecule has 2 heterocycles. The first-order valence-electron chi connectivity index (χ1n) is 5.20. The van der Waals surface area contributed by atoms with Crippen LogP contribution in [0.25, 0.3) is 0 Å². The van der Waals surface area contributed by atoms with Crippen LogP contribution in [0.1, 0.15) is 0 Å². The number of hydrogen-bond acceptors (Lipinski definition) is 5. The lowest BCUT2D eigenvalue weighted by atomic mass is 10.2. The molecule has 2 aromatic rings. The second-order valence-electron chi connectivity index (χ2n) is 3.63. The van der Waals surface area contributed by atoms with Gasteiger partial charge in [0.05, 0.1) is 5.69 Å². The minimum atomic E-state index is 0.272. The van der Waals surface area contributed by atoms with Crippen LogP contribution < -0.4 is 20.5 Å². The fourth-order valence-electron chi connectivity index (χ4n) is 1.65. The van der Waals surface area contributed by atoms with Crippen molar-refractivity contribution < 1.29 is 9.47 Å². The normalized spacial score (nSPS) is 12.5. The lowest BCUT2D eigenvalue weighted by Crippen LogP contribution is -1.97. The summed E-state index contributed by atoms with van der Waals surface area (Å²) in [6.07, 6.45) is 1.65. The number of pyridine rings is 1. The Bertz CT molecular complexity index is 557. The van der Waals surface area contributed by atoms with Crippen molar-refractivity contribution in [1.82, 2.24) is 4.98 Å². The van der Waals surface area contributed by atoms with E-state index in [0.29, 0.717) is 5.82 Å². The van der Waals surface area contributed by atoms with Gasteiger partial charge in [0, 0.05) is 18.0 Å². The van der Waals surface area contributed by atoms with Gasteiger partial charge in [-0.15, -0.1) is 0 Å². The number of ether oxygens (including phenoxy) is 2. The van der Waals surface area contributed by atoms with Crippen LogP contribution in [0.4, 0.5) is 17.2 Å². The third kappa shape index (κ3) is 1.82. The molecule has 0 radical (unpaired) electrons. The zero-order valence-corrected chi connectivity index (χ0v) is 9.01. The molecule has 0 saturated carbocycles. The maximum absolute atomic E-state index is 5.75. The Morgan fingerprint density at radius 2 is 2.06 bits per heavy atom. The second kappa shape index (κ2) is 3.86. The Morgan fingerprint density at radius 3 is 2.94 bits per heavy atom. The molecule has 0 amide bonds. The van der Waals surface area contributed by atoms with Crippen molar-refractivity contribution in [1.29, 1.82) is 0 Å². The van der Waals surface area contributed by atoms with Crippen LogP contribution in [0.15, 0.2) is 36.5 Å². The fraction of sp³-hybridized carbons (Fsp3) is 0.0833. The average molecular weight is 229 g/mol. The quantitative estimate of drug-likeness (QED) is 0.825. The number of nitrogens with zero attached hydrogens (tertiary/aromatic N) is 1. The molecule has 1 aromatic heterocycles. The number of nitrogen functional groups attached to an aromatic ring is 1. The van der Waals surface area contributed by atoms with E-state index in [4.69, 9.17) is 15.2 Å². The number of aromatic nitrogens is 1. The lowest BCUT2D eigenvalue weighted by Gasteiger charge is -2.08. The molecule has 5 nitrogen and oxygen atoms in total. The first kappa shape index (κ1) is 9.77. The SMILES string of the molecule is Nc1ncccc1Nc1ccc2c(c1)OCO2. The number of anilines is 3. The van der Waals surface area contributed by atoms with Crippen molar-refractivity contribution in [3.8, 4) is 11.5 Å². The maximum Gasteiger partial charge on any atom is 0.231 e. The number of fused-ring (bicyclic) bond motifs is 1. The predicted molar refractivity (Wildman–Crippen MR) is 64.5 cm³/mol. The van der Waals surface area contributed by atoms with Crippen molar-refractivity contribution in [3.05, 3.63) is 36.5 Å². The summed E-state index contributed by atoms with van der Waals surface area (Å²) in [5.74, 6) is 1.96. The second-order valence-corrected chi connectivity index (χ2v) is 3.63. The summed E-state index contributed by atoms with van der Waals surface area (Å²) in [4.78, 5) is 4.01. The molecule has 3 N–H and O–H groups in total. The van der Waals surface area contributed by atoms with E-state index >= 15 is 0 Å². The van der Waals surface area contributed by atoms with Gasteiger partial charge in [0.25, 0.3) is 0 Å². The van der Waals surface area contributed by atoms with E-state index < -0.39 is 0 Å². The van der Waals surface area contributed by atoms with Crippen molar-refractivity contribution in [2.24, 2.45) is 0 Å². The Balaban J connectivity index is 1.89. The largest absolute Gasteiger partial charge is 0.454 e. The highest BCUT2D eigenvalue weighted by molar-refractivity contribution is 5.70. The maximum atomic E-state index is 5.75. The van der Waals surface area contributed by atoms with Gasteiger partial charge in [-0.05, 0) is 24.3 Å². The van der Waals surface area contributed by atoms with Gasteiger partial charge in [0.1, 0.15) is 5.82 Å². The van der Waals surface area contributed by atoms with Gasteiger partial charge in [0.15, 0.2) is 11.5 Å². The highest BCUT2D eigenvalue weighted by Crippen LogP contribution is 2.35. The molecule has 5 heteroatoms. The molecule has 0 atom stereocenters. The smallest absolute Gasteiger partial charge is 0.231 e. The Kier molecular flexibility index (Phi) is 2.22. The standard InChI is InChI=1S/C12H11N3O2/c13-12-9(2-1-5-14-12)15-8-3-4-10-11(6-8)17-7-16-10/h1-6,15H,7H2,(H2,13,14). The van der Waals surface area contributed by atoms with Crippen molar-refractivity contribution in [2.45, 2.75) is 0 Å². The summed E-state index contributed by atoms with van der Waals surface area (Å²) in [5.41, 5.74) is 7.40. The van der Waals surface area contributed by atoms with Crippen LogP contribution in [0.2, 0.25) is 0 Å². The summed E-state index contributed by atoms with van der Waals surface area (Å²) in [7, 11) is 0. The van der Waals surface area contributed by atoms with Crippen LogP contribution >= 0.6 is 0 Å². The summed E-state index contributed by atoms with van der Waals surface area (Å²) < 4.78 is 10.5. The van der Waals surface area contributed by atoms with E-state index in [1.165, 1.54) is 0 Å². The monoisotopic (exact) mass is 229 g/mol. The third-order valence-electron chi connectivity index (χ3n) is 2.49. The van der Waals surface area contributed by atoms with Gasteiger partial charge in [-0.25, -0.2) is 4.98 Å². The summed E-state index contributed by atoms with van der Waals surface area (Å²) in [6.45, 7) is 0.272. The first-order valence-corrected chi connectivity index (χ1v) is 5.20. The molecule has 0 aliphatic carbocycles. The number of nitrogens with one attached hydrogen (secondary N) is 1. The third-order valence-corrected chi connectivity index (χ3v) is 2.49. The molecule has 0 spiro atoms. The van der Waals surface area contributed by atoms with E-state index in [1.807, 2.05) is 30.3 Å². The van der Waals surface area contributed by atoms with Crippen LogP contribution in [0, 0.1) is 0 Å². The molecular formula is C12H11N3O2. The molecule has 1 aliphatic heterocycles. The molecule has 0 unspecified atom stereocenters. The van der Waals surface area contributed by atoms with Crippen LogP contribution in [-0.2, 0) is 0 Å². The highest BCUT2D eigenvalue weighted by Gasteiger charge is 2.13. The van der Waals surface area contributed by atoms with Gasteiger partial charge >= 0.3 is 0 Å². The van der Waals surface area contributed by atoms with E-state index in [-0.39, 0.29) is 6.79 Å². The Hall–Kier alpha value is -2.43. The molecule has 3 rings (SSSR count). The lowest BCUT2D eigenvalue weighted by molar-refractivity contribution is 0.174. The Morgan fingerprint density at radius 1 is 1.18 bits per heavy atom. The molecule has 1 aromatic carbocycles. The highest BCUT2D eigenvalue weighted by atomic mass is 16.7. The predicted octanol–water partition coefficient (Wildman–Crippen LogP) is 2.14. The summed E-state index contributed by atoms with van der Waals surface area (Å²) in [5, 5.41) is 3.18. The summed E-state index contributed by atoms with van der Waals surface area (Å²) >= 11 is 0. The van der Waals surface area contributed by atoms with Gasteiger partial charge in [0.2, 0.25) is 6.79 Å². The van der Waals surface area contributed by atoms with E-state index in [2.05, 4.69) is 10.3 Å². The van der Waals surface area contributed by atoms with Crippen LogP contribution in [0.5, 0.6) is 11.5 Å². The first-order chi connectivity index (χ1) is 8.33. The van der Waals surface area contributed by atoms with Gasteiger partial charge < -0.3 is 20.5 Å². The van der Waals surface area contributed by atoms with E-state index in [9.17, 15) is 0 Å². The minimum Gasteiger partial charge on any atom is -0.454 e. The number of nitrogens with two attached hydrogens (primary N) is 1. The van der Waals surface area contributed by atoms with E-state index in [0.717, 1.165) is 22.9 Å². The molecule has 86 valence electrons. The van der Waals surface area contributed by atoms with E-state index in [1.54, 1.807) is 6.20 Å². The topological polar surface area (TPSA) is 69.4 Å². The number of benzene rings is 1. The van der Waals surface area contributed by atoms with Crippen molar-refractivity contribution in [3.63, 3.8) is 0 Å². The Labute approximate surface area is 98.2 Å².